The lowest BCUT2D eigenvalue weighted by Gasteiger charge is -2.10. The van der Waals surface area contributed by atoms with Crippen LogP contribution in [-0.4, -0.2) is 4.98 Å². The van der Waals surface area contributed by atoms with Gasteiger partial charge in [-0.25, -0.2) is 0 Å². The summed E-state index contributed by atoms with van der Waals surface area (Å²) in [6.45, 7) is 4.10. The van der Waals surface area contributed by atoms with E-state index in [2.05, 4.69) is 17.3 Å². The molecule has 72 valence electrons. The summed E-state index contributed by atoms with van der Waals surface area (Å²) < 4.78 is 0. The number of aryl methyl sites for hydroxylation is 1. The highest BCUT2D eigenvalue weighted by atomic mass is 15.2. The van der Waals surface area contributed by atoms with Crippen LogP contribution in [-0.2, 0) is 0 Å². The first-order valence-corrected chi connectivity index (χ1v) is 4.55. The van der Waals surface area contributed by atoms with Crippen molar-refractivity contribution in [3.8, 4) is 0 Å². The molecule has 3 heteroatoms. The first-order chi connectivity index (χ1) is 6.74. The van der Waals surface area contributed by atoms with Crippen LogP contribution in [0.3, 0.4) is 0 Å². The number of aromatic nitrogens is 1. The van der Waals surface area contributed by atoms with Gasteiger partial charge in [-0.2, -0.15) is 0 Å². The molecule has 0 saturated heterocycles. The maximum Gasteiger partial charge on any atom is 0.0735 e. The molecule has 0 aliphatic carbocycles. The number of rotatable bonds is 1. The Bertz CT molecular complexity index is 477. The molecule has 1 aromatic heterocycles. The number of nitrogens with one attached hydrogen (secondary N) is 1. The molecule has 0 saturated carbocycles. The molecule has 2 aromatic rings. The summed E-state index contributed by atoms with van der Waals surface area (Å²) in [5.74, 6) is 5.44. The van der Waals surface area contributed by atoms with Crippen molar-refractivity contribution in [1.82, 2.24) is 4.98 Å². The number of hydrogen-bond acceptors (Lipinski definition) is 3. The molecule has 3 N–H and O–H groups in total. The largest absolute Gasteiger partial charge is 0.324 e. The van der Waals surface area contributed by atoms with E-state index < -0.39 is 0 Å². The summed E-state index contributed by atoms with van der Waals surface area (Å²) >= 11 is 0. The van der Waals surface area contributed by atoms with Gasteiger partial charge in [0.25, 0.3) is 0 Å². The highest BCUT2D eigenvalue weighted by Gasteiger charge is 2.05. The van der Waals surface area contributed by atoms with Gasteiger partial charge in [-0.15, -0.1) is 0 Å². The van der Waals surface area contributed by atoms with Gasteiger partial charge in [-0.3, -0.25) is 10.8 Å². The zero-order chi connectivity index (χ0) is 10.1. The summed E-state index contributed by atoms with van der Waals surface area (Å²) in [5, 5.41) is 1.11. The highest BCUT2D eigenvalue weighted by molar-refractivity contribution is 5.87. The minimum absolute atomic E-state index is 0.961. The van der Waals surface area contributed by atoms with E-state index in [1.54, 1.807) is 0 Å². The first-order valence-electron chi connectivity index (χ1n) is 4.55. The topological polar surface area (TPSA) is 50.9 Å². The number of nitrogen functional groups attached to an aromatic ring is 1. The number of anilines is 1. The summed E-state index contributed by atoms with van der Waals surface area (Å²) in [4.78, 5) is 4.35. The van der Waals surface area contributed by atoms with Crippen molar-refractivity contribution < 1.29 is 0 Å². The van der Waals surface area contributed by atoms with Crippen molar-refractivity contribution in [3.63, 3.8) is 0 Å². The highest BCUT2D eigenvalue weighted by Crippen LogP contribution is 2.25. The van der Waals surface area contributed by atoms with Crippen molar-refractivity contribution in [2.24, 2.45) is 5.84 Å². The van der Waals surface area contributed by atoms with Gasteiger partial charge in [-0.1, -0.05) is 6.07 Å². The molecule has 0 fully saturated rings. The molecule has 0 bridgehead atoms. The zero-order valence-electron chi connectivity index (χ0n) is 8.33. The molecule has 0 radical (unpaired) electrons. The Morgan fingerprint density at radius 3 is 2.79 bits per heavy atom. The summed E-state index contributed by atoms with van der Waals surface area (Å²) in [5.41, 5.74) is 7.04. The number of fused-ring (bicyclic) bond motifs is 1. The second kappa shape index (κ2) is 3.27. The number of pyridine rings is 1. The zero-order valence-corrected chi connectivity index (χ0v) is 8.33. The Balaban J connectivity index is 2.85. The summed E-state index contributed by atoms with van der Waals surface area (Å²) in [6, 6.07) is 5.98. The first kappa shape index (κ1) is 8.97. The third-order valence-electron chi connectivity index (χ3n) is 2.62. The van der Waals surface area contributed by atoms with Gasteiger partial charge >= 0.3 is 0 Å². The van der Waals surface area contributed by atoms with Crippen molar-refractivity contribution in [2.45, 2.75) is 13.8 Å². The van der Waals surface area contributed by atoms with Gasteiger partial charge in [-0.05, 0) is 37.1 Å². The molecule has 0 aliphatic rings. The van der Waals surface area contributed by atoms with Gasteiger partial charge < -0.3 is 5.43 Å². The summed E-state index contributed by atoms with van der Waals surface area (Å²) in [6.07, 6.45) is 1.81. The Morgan fingerprint density at radius 2 is 2.07 bits per heavy atom. The Morgan fingerprint density at radius 1 is 1.29 bits per heavy atom. The average Bonchev–Trinajstić information content (AvgIpc) is 2.23. The number of hydrazine groups is 1. The van der Waals surface area contributed by atoms with E-state index in [9.17, 15) is 0 Å². The maximum absolute atomic E-state index is 5.44. The summed E-state index contributed by atoms with van der Waals surface area (Å²) in [7, 11) is 0. The van der Waals surface area contributed by atoms with E-state index in [1.165, 1.54) is 5.56 Å². The van der Waals surface area contributed by atoms with E-state index >= 15 is 0 Å². The van der Waals surface area contributed by atoms with Crippen LogP contribution >= 0.6 is 0 Å². The molecule has 2 rings (SSSR count). The molecule has 14 heavy (non-hydrogen) atoms. The van der Waals surface area contributed by atoms with Gasteiger partial charge in [0, 0.05) is 11.6 Å². The second-order valence-corrected chi connectivity index (χ2v) is 3.39. The van der Waals surface area contributed by atoms with E-state index in [-0.39, 0.29) is 0 Å². The van der Waals surface area contributed by atoms with Gasteiger partial charge in [0.1, 0.15) is 0 Å². The fraction of sp³-hybridized carbons (Fsp3) is 0.182. The smallest absolute Gasteiger partial charge is 0.0735 e. The van der Waals surface area contributed by atoms with E-state index in [0.717, 1.165) is 22.2 Å². The fourth-order valence-corrected chi connectivity index (χ4v) is 1.64. The predicted molar refractivity (Wildman–Crippen MR) is 59.0 cm³/mol. The number of hydrogen-bond donors (Lipinski definition) is 2. The van der Waals surface area contributed by atoms with Gasteiger partial charge in [0.2, 0.25) is 0 Å². The van der Waals surface area contributed by atoms with Crippen molar-refractivity contribution in [1.29, 1.82) is 0 Å². The molecule has 0 spiro atoms. The van der Waals surface area contributed by atoms with Crippen LogP contribution < -0.4 is 11.3 Å². The molecule has 0 amide bonds. The molecule has 0 unspecified atom stereocenters. The predicted octanol–water partition coefficient (Wildman–Crippen LogP) is 2.14. The standard InChI is InChI=1S/C11H13N3/c1-7-8(2)11-9(4-3-5-13-11)6-10(7)14-12/h3-6,14H,12H2,1-2H3. The van der Waals surface area contributed by atoms with Crippen molar-refractivity contribution in [2.75, 3.05) is 5.43 Å². The third kappa shape index (κ3) is 1.22. The molecule has 3 nitrogen and oxygen atoms in total. The number of nitrogens with two attached hydrogens (primary N) is 1. The lowest BCUT2D eigenvalue weighted by Crippen LogP contribution is -2.09. The van der Waals surface area contributed by atoms with Crippen LogP contribution in [0, 0.1) is 13.8 Å². The number of nitrogens with zero attached hydrogens (tertiary/aromatic N) is 1. The second-order valence-electron chi connectivity index (χ2n) is 3.39. The third-order valence-corrected chi connectivity index (χ3v) is 2.62. The van der Waals surface area contributed by atoms with Crippen LogP contribution in [0.4, 0.5) is 5.69 Å². The van der Waals surface area contributed by atoms with Crippen LogP contribution in [0.2, 0.25) is 0 Å². The normalized spacial score (nSPS) is 10.5. The maximum atomic E-state index is 5.44. The lowest BCUT2D eigenvalue weighted by atomic mass is 10.0. The molecular weight excluding hydrogens is 174 g/mol. The Kier molecular flexibility index (Phi) is 2.09. The lowest BCUT2D eigenvalue weighted by molar-refractivity contribution is 1.27. The van der Waals surface area contributed by atoms with Gasteiger partial charge in [0.15, 0.2) is 0 Å². The SMILES string of the molecule is Cc1c(NN)cc2cccnc2c1C. The van der Waals surface area contributed by atoms with E-state index in [4.69, 9.17) is 5.84 Å². The van der Waals surface area contributed by atoms with Crippen LogP contribution in [0.1, 0.15) is 11.1 Å². The molecule has 1 heterocycles. The molecule has 1 aromatic carbocycles. The average molecular weight is 187 g/mol. The quantitative estimate of drug-likeness (QED) is 0.531. The van der Waals surface area contributed by atoms with Crippen LogP contribution in [0.15, 0.2) is 24.4 Å². The molecule has 0 atom stereocenters. The monoisotopic (exact) mass is 187 g/mol. The van der Waals surface area contributed by atoms with E-state index in [1.807, 2.05) is 31.3 Å². The van der Waals surface area contributed by atoms with Crippen molar-refractivity contribution in [3.05, 3.63) is 35.5 Å². The van der Waals surface area contributed by atoms with Crippen molar-refractivity contribution >= 4 is 16.6 Å². The molecular formula is C11H13N3. The Hall–Kier alpha value is -1.61. The Labute approximate surface area is 82.9 Å². The van der Waals surface area contributed by atoms with Crippen LogP contribution in [0.5, 0.6) is 0 Å². The van der Waals surface area contributed by atoms with Crippen LogP contribution in [0.25, 0.3) is 10.9 Å². The minimum Gasteiger partial charge on any atom is -0.324 e. The minimum atomic E-state index is 0.961. The van der Waals surface area contributed by atoms with E-state index in [0.29, 0.717) is 0 Å². The number of benzene rings is 1. The fourth-order valence-electron chi connectivity index (χ4n) is 1.64. The molecule has 0 aliphatic heterocycles. The van der Waals surface area contributed by atoms with Gasteiger partial charge in [0.05, 0.1) is 11.2 Å².